The minimum atomic E-state index is -1.09. The van der Waals surface area contributed by atoms with E-state index in [2.05, 4.69) is 52.7 Å². The molecule has 0 radical (unpaired) electrons. The molecule has 4 nitrogen and oxygen atoms in total. The maximum atomic E-state index is 6.36. The molecule has 0 unspecified atom stereocenters. The highest BCUT2D eigenvalue weighted by atomic mass is 79.9. The van der Waals surface area contributed by atoms with Gasteiger partial charge in [-0.15, -0.1) is 0 Å². The lowest BCUT2D eigenvalue weighted by Gasteiger charge is -2.15. The summed E-state index contributed by atoms with van der Waals surface area (Å²) >= 11 is 9.77. The molecular formula is C18H21BrClN3OSi. The van der Waals surface area contributed by atoms with Gasteiger partial charge in [0.25, 0.3) is 0 Å². The van der Waals surface area contributed by atoms with E-state index >= 15 is 0 Å². The number of ether oxygens (including phenoxy) is 1. The van der Waals surface area contributed by atoms with E-state index in [1.807, 2.05) is 22.9 Å². The van der Waals surface area contributed by atoms with Crippen LogP contribution in [0.15, 0.2) is 41.1 Å². The molecule has 2 aromatic heterocycles. The minimum Gasteiger partial charge on any atom is -0.360 e. The molecule has 0 fully saturated rings. The number of para-hydroxylation sites is 1. The highest BCUT2D eigenvalue weighted by molar-refractivity contribution is 9.10. The molecule has 7 heteroatoms. The van der Waals surface area contributed by atoms with E-state index in [1.165, 1.54) is 0 Å². The van der Waals surface area contributed by atoms with Crippen molar-refractivity contribution in [1.29, 1.82) is 0 Å². The Morgan fingerprint density at radius 3 is 2.76 bits per heavy atom. The molecule has 3 aromatic rings. The molecule has 1 aromatic carbocycles. The molecule has 0 saturated carbocycles. The van der Waals surface area contributed by atoms with Gasteiger partial charge in [-0.1, -0.05) is 49.4 Å². The van der Waals surface area contributed by atoms with Crippen molar-refractivity contribution >= 4 is 46.5 Å². The fourth-order valence-corrected chi connectivity index (χ4v) is 3.83. The Bertz CT molecular complexity index is 892. The fraction of sp³-hybridized carbons (Fsp3) is 0.333. The molecule has 2 heterocycles. The van der Waals surface area contributed by atoms with Crippen LogP contribution in [0.4, 0.5) is 0 Å². The number of nitrogens with zero attached hydrogens (tertiary/aromatic N) is 3. The second-order valence-electron chi connectivity index (χ2n) is 7.20. The average Bonchev–Trinajstić information content (AvgIpc) is 2.92. The van der Waals surface area contributed by atoms with Gasteiger partial charge in [-0.25, -0.2) is 9.67 Å². The second kappa shape index (κ2) is 7.58. The molecule has 0 aliphatic rings. The van der Waals surface area contributed by atoms with E-state index in [4.69, 9.17) is 21.4 Å². The van der Waals surface area contributed by atoms with Crippen molar-refractivity contribution < 1.29 is 4.74 Å². The number of aromatic nitrogens is 3. The number of rotatable bonds is 6. The summed E-state index contributed by atoms with van der Waals surface area (Å²) in [6, 6.07) is 11.2. The van der Waals surface area contributed by atoms with E-state index in [0.29, 0.717) is 11.8 Å². The lowest BCUT2D eigenvalue weighted by atomic mass is 10.1. The number of halogens is 2. The number of fused-ring (bicyclic) bond motifs is 1. The van der Waals surface area contributed by atoms with Gasteiger partial charge in [0.15, 0.2) is 0 Å². The SMILES string of the molecule is C[Si](C)(C)CCOCn1nc(-c2cc(Br)ncc2Cl)c2ccccc21. The Morgan fingerprint density at radius 2 is 2.00 bits per heavy atom. The molecule has 0 aliphatic carbocycles. The summed E-state index contributed by atoms with van der Waals surface area (Å²) in [5, 5.41) is 6.40. The van der Waals surface area contributed by atoms with Gasteiger partial charge in [0.2, 0.25) is 0 Å². The molecule has 25 heavy (non-hydrogen) atoms. The first kappa shape index (κ1) is 18.6. The van der Waals surface area contributed by atoms with Crippen LogP contribution in [-0.4, -0.2) is 29.4 Å². The lowest BCUT2D eigenvalue weighted by Crippen LogP contribution is -2.22. The molecule has 3 rings (SSSR count). The van der Waals surface area contributed by atoms with E-state index in [-0.39, 0.29) is 0 Å². The van der Waals surface area contributed by atoms with Crippen LogP contribution in [0.3, 0.4) is 0 Å². The average molecular weight is 439 g/mol. The van der Waals surface area contributed by atoms with Crippen LogP contribution >= 0.6 is 27.5 Å². The number of hydrogen-bond donors (Lipinski definition) is 0. The molecule has 0 saturated heterocycles. The molecule has 0 amide bonds. The van der Waals surface area contributed by atoms with Crippen LogP contribution in [0.1, 0.15) is 0 Å². The third-order valence-electron chi connectivity index (χ3n) is 3.95. The lowest BCUT2D eigenvalue weighted by molar-refractivity contribution is 0.0818. The van der Waals surface area contributed by atoms with Crippen LogP contribution < -0.4 is 0 Å². The van der Waals surface area contributed by atoms with Gasteiger partial charge in [0.05, 0.1) is 10.5 Å². The number of pyridine rings is 1. The van der Waals surface area contributed by atoms with Crippen LogP contribution in [0.2, 0.25) is 30.7 Å². The van der Waals surface area contributed by atoms with Crippen LogP contribution in [0.25, 0.3) is 22.2 Å². The highest BCUT2D eigenvalue weighted by Crippen LogP contribution is 2.33. The van der Waals surface area contributed by atoms with Gasteiger partial charge in [0, 0.05) is 31.8 Å². The highest BCUT2D eigenvalue weighted by Gasteiger charge is 2.16. The van der Waals surface area contributed by atoms with Crippen LogP contribution in [0, 0.1) is 0 Å². The molecule has 132 valence electrons. The normalized spacial score (nSPS) is 12.0. The Balaban J connectivity index is 1.92. The summed E-state index contributed by atoms with van der Waals surface area (Å²) in [6.45, 7) is 8.25. The van der Waals surface area contributed by atoms with Gasteiger partial charge < -0.3 is 4.74 Å². The first-order chi connectivity index (χ1) is 11.8. The molecule has 0 spiro atoms. The first-order valence-corrected chi connectivity index (χ1v) is 13.1. The summed E-state index contributed by atoms with van der Waals surface area (Å²) in [5.74, 6) is 0. The van der Waals surface area contributed by atoms with Crippen molar-refractivity contribution in [3.63, 3.8) is 0 Å². The van der Waals surface area contributed by atoms with Gasteiger partial charge in [-0.2, -0.15) is 5.10 Å². The summed E-state index contributed by atoms with van der Waals surface area (Å²) in [6.07, 6.45) is 1.64. The Hall–Kier alpha value is -1.21. The quantitative estimate of drug-likeness (QED) is 0.276. The molecule has 0 bridgehead atoms. The van der Waals surface area contributed by atoms with Crippen molar-refractivity contribution in [2.45, 2.75) is 32.4 Å². The maximum Gasteiger partial charge on any atom is 0.140 e. The Morgan fingerprint density at radius 1 is 1.24 bits per heavy atom. The maximum absolute atomic E-state index is 6.36. The zero-order valence-corrected chi connectivity index (χ0v) is 17.9. The van der Waals surface area contributed by atoms with Crippen molar-refractivity contribution in [1.82, 2.24) is 14.8 Å². The zero-order chi connectivity index (χ0) is 18.0. The second-order valence-corrected chi connectivity index (χ2v) is 14.0. The first-order valence-electron chi connectivity index (χ1n) is 8.20. The summed E-state index contributed by atoms with van der Waals surface area (Å²) in [5.41, 5.74) is 2.74. The predicted octanol–water partition coefficient (Wildman–Crippen LogP) is 5.83. The summed E-state index contributed by atoms with van der Waals surface area (Å²) in [4.78, 5) is 4.16. The third kappa shape index (κ3) is 4.50. The van der Waals surface area contributed by atoms with Gasteiger partial charge in [-0.05, 0) is 34.1 Å². The minimum absolute atomic E-state index is 0.439. The van der Waals surface area contributed by atoms with Crippen LogP contribution in [0.5, 0.6) is 0 Å². The topological polar surface area (TPSA) is 39.9 Å². The molecule has 0 aliphatic heterocycles. The fourth-order valence-electron chi connectivity index (χ4n) is 2.55. The van der Waals surface area contributed by atoms with E-state index in [9.17, 15) is 0 Å². The number of benzene rings is 1. The van der Waals surface area contributed by atoms with Crippen LogP contribution in [-0.2, 0) is 11.5 Å². The van der Waals surface area contributed by atoms with E-state index in [0.717, 1.165) is 39.4 Å². The Labute approximate surface area is 162 Å². The van der Waals surface area contributed by atoms with Gasteiger partial charge in [0.1, 0.15) is 17.0 Å². The Kier molecular flexibility index (Phi) is 5.63. The molecule has 0 N–H and O–H groups in total. The van der Waals surface area contributed by atoms with Gasteiger partial charge in [-0.3, -0.25) is 0 Å². The zero-order valence-electron chi connectivity index (χ0n) is 14.6. The monoisotopic (exact) mass is 437 g/mol. The third-order valence-corrected chi connectivity index (χ3v) is 6.38. The van der Waals surface area contributed by atoms with Crippen molar-refractivity contribution in [2.75, 3.05) is 6.61 Å². The largest absolute Gasteiger partial charge is 0.360 e. The van der Waals surface area contributed by atoms with E-state index in [1.54, 1.807) is 6.20 Å². The predicted molar refractivity (Wildman–Crippen MR) is 110 cm³/mol. The van der Waals surface area contributed by atoms with Crippen molar-refractivity contribution in [3.05, 3.63) is 46.2 Å². The summed E-state index contributed by atoms with van der Waals surface area (Å²) < 4.78 is 8.52. The van der Waals surface area contributed by atoms with Crippen molar-refractivity contribution in [3.8, 4) is 11.3 Å². The number of hydrogen-bond acceptors (Lipinski definition) is 3. The van der Waals surface area contributed by atoms with Crippen molar-refractivity contribution in [2.24, 2.45) is 0 Å². The van der Waals surface area contributed by atoms with Gasteiger partial charge >= 0.3 is 0 Å². The summed E-state index contributed by atoms with van der Waals surface area (Å²) in [7, 11) is -1.09. The van der Waals surface area contributed by atoms with E-state index < -0.39 is 8.07 Å². The molecule has 0 atom stereocenters. The standard InChI is InChI=1S/C18H21BrClN3OSi/c1-25(2,3)9-8-24-12-23-16-7-5-4-6-13(16)18(22-23)14-10-17(19)21-11-15(14)20/h4-7,10-11H,8-9,12H2,1-3H3. The smallest absolute Gasteiger partial charge is 0.140 e. The molecular weight excluding hydrogens is 418 g/mol.